The minimum absolute atomic E-state index is 0.121. The van der Waals surface area contributed by atoms with Gasteiger partial charge in [-0.3, -0.25) is 0 Å². The van der Waals surface area contributed by atoms with Crippen LogP contribution in [0.4, 0.5) is 0 Å². The molecule has 4 aliphatic rings. The second-order valence-corrected chi connectivity index (χ2v) is 9.92. The summed E-state index contributed by atoms with van der Waals surface area (Å²) in [5.74, 6) is 1.46. The summed E-state index contributed by atoms with van der Waals surface area (Å²) in [5, 5.41) is 34.4. The topological polar surface area (TPSA) is 73.1 Å². The van der Waals surface area contributed by atoms with Gasteiger partial charge in [-0.1, -0.05) is 19.0 Å². The van der Waals surface area contributed by atoms with Gasteiger partial charge in [-0.2, -0.15) is 0 Å². The van der Waals surface area contributed by atoms with Crippen LogP contribution in [0.5, 0.6) is 0 Å². The van der Waals surface area contributed by atoms with Crippen molar-refractivity contribution in [3.05, 3.63) is 0 Å². The number of hydrogen-bond donors (Lipinski definition) is 3. The minimum atomic E-state index is -0.945. The van der Waals surface area contributed by atoms with E-state index in [1.54, 1.807) is 0 Å². The largest absolute Gasteiger partial charge is 0.411 e. The van der Waals surface area contributed by atoms with Gasteiger partial charge >= 0.3 is 0 Å². The summed E-state index contributed by atoms with van der Waals surface area (Å²) in [7, 11) is 0. The van der Waals surface area contributed by atoms with Crippen LogP contribution in [0.25, 0.3) is 0 Å². The molecule has 0 heterocycles. The molecule has 3 N–H and O–H groups in total. The summed E-state index contributed by atoms with van der Waals surface area (Å²) in [5.41, 5.74) is -1.09. The lowest BCUT2D eigenvalue weighted by Gasteiger charge is -2.63. The van der Waals surface area contributed by atoms with Gasteiger partial charge in [0.25, 0.3) is 0 Å². The first-order valence-corrected chi connectivity index (χ1v) is 9.90. The number of hydrogen-bond acceptors (Lipinski definition) is 4. The fraction of sp³-hybridized carbons (Fsp3) is 0.950. The van der Waals surface area contributed by atoms with Crippen molar-refractivity contribution in [2.75, 3.05) is 0 Å². The Morgan fingerprint density at radius 1 is 0.917 bits per heavy atom. The van der Waals surface area contributed by atoms with E-state index in [0.717, 1.165) is 32.1 Å². The van der Waals surface area contributed by atoms with Crippen molar-refractivity contribution in [3.63, 3.8) is 0 Å². The molecule has 4 nitrogen and oxygen atoms in total. The van der Waals surface area contributed by atoms with Crippen LogP contribution in [-0.4, -0.2) is 32.8 Å². The van der Waals surface area contributed by atoms with E-state index >= 15 is 0 Å². The van der Waals surface area contributed by atoms with Gasteiger partial charge in [0.1, 0.15) is 5.60 Å². The molecule has 4 fully saturated rings. The average molecular weight is 335 g/mol. The lowest BCUT2D eigenvalue weighted by molar-refractivity contribution is -0.205. The molecule has 0 unspecified atom stereocenters. The molecule has 7 atom stereocenters. The van der Waals surface area contributed by atoms with E-state index in [0.29, 0.717) is 30.6 Å². The smallest absolute Gasteiger partial charge is 0.103 e. The van der Waals surface area contributed by atoms with Gasteiger partial charge in [0.15, 0.2) is 0 Å². The molecule has 0 aromatic carbocycles. The summed E-state index contributed by atoms with van der Waals surface area (Å²) in [4.78, 5) is 0. The number of fused-ring (bicyclic) bond motifs is 5. The van der Waals surface area contributed by atoms with Crippen molar-refractivity contribution >= 4 is 6.21 Å². The van der Waals surface area contributed by atoms with Crippen LogP contribution < -0.4 is 0 Å². The molecule has 0 spiro atoms. The van der Waals surface area contributed by atoms with Crippen molar-refractivity contribution in [2.24, 2.45) is 33.7 Å². The Balaban J connectivity index is 1.63. The van der Waals surface area contributed by atoms with Crippen molar-refractivity contribution in [1.82, 2.24) is 0 Å². The summed E-state index contributed by atoms with van der Waals surface area (Å²) in [6, 6.07) is 0. The first-order chi connectivity index (χ1) is 11.3. The summed E-state index contributed by atoms with van der Waals surface area (Å²) in [6.45, 7) is 4.73. The Morgan fingerprint density at radius 2 is 1.71 bits per heavy atom. The monoisotopic (exact) mass is 335 g/mol. The average Bonchev–Trinajstić information content (AvgIpc) is 2.84. The van der Waals surface area contributed by atoms with Crippen molar-refractivity contribution in [1.29, 1.82) is 0 Å². The predicted octanol–water partition coefficient (Wildman–Crippen LogP) is 3.73. The Morgan fingerprint density at radius 3 is 2.46 bits per heavy atom. The van der Waals surface area contributed by atoms with Crippen LogP contribution in [0.2, 0.25) is 0 Å². The molecular weight excluding hydrogens is 302 g/mol. The van der Waals surface area contributed by atoms with Gasteiger partial charge in [0.05, 0.1) is 11.8 Å². The molecular formula is C20H33NO3. The highest BCUT2D eigenvalue weighted by atomic mass is 16.4. The van der Waals surface area contributed by atoms with Crippen molar-refractivity contribution < 1.29 is 15.4 Å². The van der Waals surface area contributed by atoms with Crippen LogP contribution in [0, 0.1) is 28.6 Å². The second kappa shape index (κ2) is 5.20. The van der Waals surface area contributed by atoms with E-state index < -0.39 is 11.2 Å². The zero-order valence-corrected chi connectivity index (χ0v) is 15.2. The van der Waals surface area contributed by atoms with Crippen molar-refractivity contribution in [3.8, 4) is 0 Å². The van der Waals surface area contributed by atoms with Gasteiger partial charge in [-0.15, -0.1) is 0 Å². The Kier molecular flexibility index (Phi) is 3.65. The maximum Gasteiger partial charge on any atom is 0.103 e. The third-order valence-corrected chi connectivity index (χ3v) is 9.04. The Bertz CT molecular complexity index is 551. The zero-order valence-electron chi connectivity index (χ0n) is 15.2. The second-order valence-electron chi connectivity index (χ2n) is 9.92. The van der Waals surface area contributed by atoms with E-state index in [1.807, 2.05) is 0 Å². The highest BCUT2D eigenvalue weighted by molar-refractivity contribution is 5.67. The zero-order chi connectivity index (χ0) is 17.2. The van der Waals surface area contributed by atoms with E-state index in [4.69, 9.17) is 5.21 Å². The summed E-state index contributed by atoms with van der Waals surface area (Å²) >= 11 is 0. The molecule has 4 heteroatoms. The standard InChI is InChI=1S/C20H33NO3/c1-17-7-3-8-20(17,23)16-5-4-14-12-19(22,13-21-24)11-10-18(14,2)15(16)6-9-17/h13-16,22-24H,3-12H2,1-2H3/t14-,15+,16-,17+,18+,19+,20+/m1/s1. The Hall–Kier alpha value is -0.610. The normalized spacial score (nSPS) is 57.4. The predicted molar refractivity (Wildman–Crippen MR) is 93.0 cm³/mol. The first kappa shape index (κ1) is 16.8. The van der Waals surface area contributed by atoms with Gasteiger partial charge in [0, 0.05) is 0 Å². The maximum atomic E-state index is 11.7. The van der Waals surface area contributed by atoms with Crippen LogP contribution in [0.15, 0.2) is 5.16 Å². The SMILES string of the molecule is C[C@]12CC[C@@](O)(C=NO)C[C@H]1CC[C@@H]1[C@@H]2CC[C@]2(C)CCC[C@]12O. The molecule has 4 aliphatic carbocycles. The molecule has 4 rings (SSSR count). The van der Waals surface area contributed by atoms with E-state index in [2.05, 4.69) is 19.0 Å². The third-order valence-electron chi connectivity index (χ3n) is 9.04. The highest BCUT2D eigenvalue weighted by Gasteiger charge is 2.65. The quantitative estimate of drug-likeness (QED) is 0.388. The lowest BCUT2D eigenvalue weighted by Crippen LogP contribution is -2.62. The van der Waals surface area contributed by atoms with Gasteiger partial charge in [-0.05, 0) is 92.8 Å². The Labute approximate surface area is 145 Å². The molecule has 0 radical (unpaired) electrons. The summed E-state index contributed by atoms with van der Waals surface area (Å²) < 4.78 is 0. The molecule has 0 aromatic heterocycles. The van der Waals surface area contributed by atoms with E-state index in [1.165, 1.54) is 25.5 Å². The van der Waals surface area contributed by atoms with Crippen LogP contribution >= 0.6 is 0 Å². The molecule has 0 bridgehead atoms. The lowest BCUT2D eigenvalue weighted by atomic mass is 9.43. The highest BCUT2D eigenvalue weighted by Crippen LogP contribution is 2.68. The fourth-order valence-corrected chi connectivity index (χ4v) is 7.46. The van der Waals surface area contributed by atoms with Gasteiger partial charge in [-0.25, -0.2) is 0 Å². The molecule has 4 saturated carbocycles. The maximum absolute atomic E-state index is 11.7. The minimum Gasteiger partial charge on any atom is -0.411 e. The molecule has 0 amide bonds. The van der Waals surface area contributed by atoms with Crippen LogP contribution in [-0.2, 0) is 0 Å². The fourth-order valence-electron chi connectivity index (χ4n) is 7.46. The van der Waals surface area contributed by atoms with Gasteiger partial charge in [0.2, 0.25) is 0 Å². The third kappa shape index (κ3) is 2.08. The van der Waals surface area contributed by atoms with E-state index in [-0.39, 0.29) is 10.8 Å². The number of nitrogens with zero attached hydrogens (tertiary/aromatic N) is 1. The van der Waals surface area contributed by atoms with Crippen molar-refractivity contribution in [2.45, 2.75) is 89.3 Å². The molecule has 0 aromatic rings. The number of oxime groups is 1. The molecule has 0 saturated heterocycles. The molecule has 0 aliphatic heterocycles. The number of aliphatic hydroxyl groups is 2. The summed E-state index contributed by atoms with van der Waals surface area (Å²) in [6.07, 6.45) is 11.5. The molecule has 136 valence electrons. The molecule has 24 heavy (non-hydrogen) atoms. The van der Waals surface area contributed by atoms with Crippen LogP contribution in [0.3, 0.4) is 0 Å². The first-order valence-electron chi connectivity index (χ1n) is 9.90. The van der Waals surface area contributed by atoms with Crippen LogP contribution in [0.1, 0.15) is 78.1 Å². The van der Waals surface area contributed by atoms with E-state index in [9.17, 15) is 10.2 Å². The van der Waals surface area contributed by atoms with Gasteiger partial charge < -0.3 is 15.4 Å². The number of rotatable bonds is 1.